The third kappa shape index (κ3) is 5.47. The van der Waals surface area contributed by atoms with E-state index in [-0.39, 0.29) is 10.7 Å². The van der Waals surface area contributed by atoms with E-state index in [4.69, 9.17) is 4.74 Å². The summed E-state index contributed by atoms with van der Waals surface area (Å²) >= 11 is 4.43. The van der Waals surface area contributed by atoms with Crippen molar-refractivity contribution in [3.8, 4) is 0 Å². The Bertz CT molecular complexity index is 143. The fourth-order valence-electron chi connectivity index (χ4n) is 0.664. The topological polar surface area (TPSA) is 26.3 Å². The summed E-state index contributed by atoms with van der Waals surface area (Å²) in [6, 6.07) is 0. The first-order valence-corrected chi connectivity index (χ1v) is 4.84. The summed E-state index contributed by atoms with van der Waals surface area (Å²) in [5.41, 5.74) is 0. The molecular formula is C9H18O2S. The Morgan fingerprint density at radius 1 is 1.50 bits per heavy atom. The second-order valence-corrected chi connectivity index (χ2v) is 4.25. The Morgan fingerprint density at radius 2 is 2.08 bits per heavy atom. The normalized spacial score (nSPS) is 15.3. The Hall–Kier alpha value is -0.180. The van der Waals surface area contributed by atoms with E-state index >= 15 is 0 Å². The number of esters is 1. The molecule has 72 valence electrons. The molecule has 0 radical (unpaired) electrons. The van der Waals surface area contributed by atoms with Gasteiger partial charge in [-0.3, -0.25) is 4.79 Å². The number of carbonyl (C=O) groups is 1. The number of ether oxygens (including phenoxy) is 1. The van der Waals surface area contributed by atoms with Gasteiger partial charge in [0.2, 0.25) is 0 Å². The first-order chi connectivity index (χ1) is 5.52. The largest absolute Gasteiger partial charge is 0.466 e. The quantitative estimate of drug-likeness (QED) is 0.532. The molecule has 0 aliphatic rings. The van der Waals surface area contributed by atoms with Gasteiger partial charge in [0.05, 0.1) is 6.61 Å². The zero-order valence-corrected chi connectivity index (χ0v) is 8.99. The van der Waals surface area contributed by atoms with Crippen molar-refractivity contribution in [1.82, 2.24) is 0 Å². The van der Waals surface area contributed by atoms with Crippen LogP contribution in [-0.4, -0.2) is 17.3 Å². The van der Waals surface area contributed by atoms with Crippen LogP contribution in [0.15, 0.2) is 0 Å². The predicted octanol–water partition coefficient (Wildman–Crippen LogP) is 2.43. The lowest BCUT2D eigenvalue weighted by Crippen LogP contribution is -2.19. The molecule has 0 aliphatic heterocycles. The minimum atomic E-state index is -0.129. The Morgan fingerprint density at radius 3 is 2.50 bits per heavy atom. The van der Waals surface area contributed by atoms with E-state index in [1.165, 1.54) is 0 Å². The van der Waals surface area contributed by atoms with E-state index in [1.807, 2.05) is 0 Å². The highest BCUT2D eigenvalue weighted by Gasteiger charge is 2.16. The summed E-state index contributed by atoms with van der Waals surface area (Å²) in [5.74, 6) is -0.129. The van der Waals surface area contributed by atoms with Crippen molar-refractivity contribution in [2.45, 2.75) is 44.8 Å². The lowest BCUT2D eigenvalue weighted by Gasteiger charge is -2.20. The first kappa shape index (κ1) is 11.8. The Balaban J connectivity index is 3.49. The van der Waals surface area contributed by atoms with Crippen molar-refractivity contribution in [3.63, 3.8) is 0 Å². The third-order valence-electron chi connectivity index (χ3n) is 1.95. The van der Waals surface area contributed by atoms with Gasteiger partial charge in [0.15, 0.2) is 0 Å². The second-order valence-electron chi connectivity index (χ2n) is 3.17. The van der Waals surface area contributed by atoms with E-state index in [2.05, 4.69) is 26.5 Å². The molecule has 0 amide bonds. The maximum Gasteiger partial charge on any atom is 0.305 e. The van der Waals surface area contributed by atoms with Crippen LogP contribution in [0, 0.1) is 0 Å². The summed E-state index contributed by atoms with van der Waals surface area (Å²) in [6.07, 6.45) is 2.26. The number of hydrogen-bond acceptors (Lipinski definition) is 3. The van der Waals surface area contributed by atoms with Crippen molar-refractivity contribution in [2.75, 3.05) is 6.61 Å². The van der Waals surface area contributed by atoms with Gasteiger partial charge in [-0.2, -0.15) is 12.6 Å². The van der Waals surface area contributed by atoms with Gasteiger partial charge in [0.25, 0.3) is 0 Å². The zero-order chi connectivity index (χ0) is 9.61. The number of thiol groups is 1. The highest BCUT2D eigenvalue weighted by atomic mass is 32.1. The number of rotatable bonds is 5. The zero-order valence-electron chi connectivity index (χ0n) is 8.09. The van der Waals surface area contributed by atoms with Gasteiger partial charge in [-0.05, 0) is 12.8 Å². The molecule has 0 aromatic rings. The average Bonchev–Trinajstić information content (AvgIpc) is 2.04. The fraction of sp³-hybridized carbons (Fsp3) is 0.889. The molecule has 3 heteroatoms. The molecule has 0 spiro atoms. The van der Waals surface area contributed by atoms with E-state index in [0.717, 1.165) is 12.8 Å². The lowest BCUT2D eigenvalue weighted by atomic mass is 10.1. The monoisotopic (exact) mass is 190 g/mol. The second kappa shape index (κ2) is 5.46. The van der Waals surface area contributed by atoms with Gasteiger partial charge in [-0.1, -0.05) is 20.8 Å². The number of hydrogen-bond donors (Lipinski definition) is 1. The number of carbonyl (C=O) groups excluding carboxylic acids is 1. The van der Waals surface area contributed by atoms with Gasteiger partial charge in [-0.25, -0.2) is 0 Å². The highest BCUT2D eigenvalue weighted by molar-refractivity contribution is 7.81. The van der Waals surface area contributed by atoms with Crippen LogP contribution < -0.4 is 0 Å². The summed E-state index contributed by atoms with van der Waals surface area (Å²) < 4.78 is 4.94. The molecule has 12 heavy (non-hydrogen) atoms. The summed E-state index contributed by atoms with van der Waals surface area (Å²) in [5, 5.41) is 0. The summed E-state index contributed by atoms with van der Waals surface area (Å²) in [6.45, 7) is 6.41. The van der Waals surface area contributed by atoms with Crippen LogP contribution in [0.3, 0.4) is 0 Å². The Labute approximate surface area is 80.1 Å². The van der Waals surface area contributed by atoms with Crippen LogP contribution in [-0.2, 0) is 9.53 Å². The van der Waals surface area contributed by atoms with Gasteiger partial charge in [0, 0.05) is 11.2 Å². The fourth-order valence-corrected chi connectivity index (χ4v) is 0.755. The molecule has 1 unspecified atom stereocenters. The maximum atomic E-state index is 10.7. The SMILES string of the molecule is CCC(=O)OCCC(C)(S)CC. The maximum absolute atomic E-state index is 10.7. The predicted molar refractivity (Wildman–Crippen MR) is 53.5 cm³/mol. The minimum Gasteiger partial charge on any atom is -0.466 e. The molecule has 0 aromatic carbocycles. The van der Waals surface area contributed by atoms with E-state index < -0.39 is 0 Å². The van der Waals surface area contributed by atoms with Gasteiger partial charge >= 0.3 is 5.97 Å². The first-order valence-electron chi connectivity index (χ1n) is 4.40. The minimum absolute atomic E-state index is 0.00593. The molecule has 0 saturated heterocycles. The lowest BCUT2D eigenvalue weighted by molar-refractivity contribution is -0.143. The van der Waals surface area contributed by atoms with Crippen LogP contribution in [0.4, 0.5) is 0 Å². The van der Waals surface area contributed by atoms with Crippen molar-refractivity contribution in [3.05, 3.63) is 0 Å². The standard InChI is InChI=1S/C9H18O2S/c1-4-8(10)11-7-6-9(3,12)5-2/h12H,4-7H2,1-3H3. The van der Waals surface area contributed by atoms with Gasteiger partial charge < -0.3 is 4.74 Å². The van der Waals surface area contributed by atoms with E-state index in [9.17, 15) is 4.79 Å². The van der Waals surface area contributed by atoms with E-state index in [0.29, 0.717) is 13.0 Å². The smallest absolute Gasteiger partial charge is 0.305 e. The summed E-state index contributed by atoms with van der Waals surface area (Å²) in [4.78, 5) is 10.7. The summed E-state index contributed by atoms with van der Waals surface area (Å²) in [7, 11) is 0. The molecular weight excluding hydrogens is 172 g/mol. The van der Waals surface area contributed by atoms with Crippen LogP contribution in [0.5, 0.6) is 0 Å². The van der Waals surface area contributed by atoms with Gasteiger partial charge in [-0.15, -0.1) is 0 Å². The average molecular weight is 190 g/mol. The molecule has 0 rings (SSSR count). The van der Waals surface area contributed by atoms with Crippen molar-refractivity contribution in [1.29, 1.82) is 0 Å². The van der Waals surface area contributed by atoms with Crippen molar-refractivity contribution in [2.24, 2.45) is 0 Å². The van der Waals surface area contributed by atoms with Crippen LogP contribution in [0.25, 0.3) is 0 Å². The Kier molecular flexibility index (Phi) is 5.38. The van der Waals surface area contributed by atoms with Crippen LogP contribution in [0.2, 0.25) is 0 Å². The molecule has 0 aromatic heterocycles. The molecule has 1 atom stereocenters. The van der Waals surface area contributed by atoms with Crippen molar-refractivity contribution < 1.29 is 9.53 Å². The molecule has 0 bridgehead atoms. The van der Waals surface area contributed by atoms with Gasteiger partial charge in [0.1, 0.15) is 0 Å². The van der Waals surface area contributed by atoms with Crippen LogP contribution >= 0.6 is 12.6 Å². The van der Waals surface area contributed by atoms with E-state index in [1.54, 1.807) is 6.92 Å². The molecule has 0 aliphatic carbocycles. The molecule has 0 saturated carbocycles. The van der Waals surface area contributed by atoms with Crippen LogP contribution in [0.1, 0.15) is 40.0 Å². The molecule has 0 fully saturated rings. The van der Waals surface area contributed by atoms with Crippen molar-refractivity contribution >= 4 is 18.6 Å². The third-order valence-corrected chi connectivity index (χ3v) is 2.49. The molecule has 2 nitrogen and oxygen atoms in total. The highest BCUT2D eigenvalue weighted by Crippen LogP contribution is 2.22. The molecule has 0 N–H and O–H groups in total. The molecule has 0 heterocycles.